The molecule has 5 heteroatoms. The first-order chi connectivity index (χ1) is 11.0. The van der Waals surface area contributed by atoms with Crippen LogP contribution in [0, 0.1) is 29.5 Å². The molecule has 0 aliphatic heterocycles. The van der Waals surface area contributed by atoms with Crippen molar-refractivity contribution in [1.82, 2.24) is 4.72 Å². The lowest BCUT2D eigenvalue weighted by Gasteiger charge is -2.65. The maximum atomic E-state index is 13.6. The second kappa shape index (κ2) is 4.82. The van der Waals surface area contributed by atoms with E-state index in [0.717, 1.165) is 25.3 Å². The van der Waals surface area contributed by atoms with Gasteiger partial charge in [0.15, 0.2) is 0 Å². The Morgan fingerprint density at radius 2 is 1.71 bits per heavy atom. The van der Waals surface area contributed by atoms with Crippen LogP contribution in [0.4, 0.5) is 4.39 Å². The van der Waals surface area contributed by atoms with Crippen molar-refractivity contribution in [2.75, 3.05) is 0 Å². The Hall–Kier alpha value is -0.940. The summed E-state index contributed by atoms with van der Waals surface area (Å²) in [5, 5.41) is 0. The number of benzene rings is 1. The fourth-order valence-electron chi connectivity index (χ4n) is 6.76. The Kier molecular flexibility index (Phi) is 3.32. The predicted octanol–water partition coefficient (Wildman–Crippen LogP) is 4.16. The number of hydrogen-bond donors (Lipinski definition) is 1. The second-order valence-electron chi connectivity index (χ2n) is 9.43. The molecule has 5 rings (SSSR count). The molecule has 1 aromatic rings. The van der Waals surface area contributed by atoms with Gasteiger partial charge in [-0.2, -0.15) is 0 Å². The SMILES string of the molecule is Cc1ccc(F)cc1S(=O)(=O)NC12CC3CC(C)(CC(C)(C3)C1)C2. The summed E-state index contributed by atoms with van der Waals surface area (Å²) in [7, 11) is -3.72. The lowest BCUT2D eigenvalue weighted by molar-refractivity contribution is -0.110. The van der Waals surface area contributed by atoms with Gasteiger partial charge in [-0.15, -0.1) is 0 Å². The molecule has 1 N–H and O–H groups in total. The van der Waals surface area contributed by atoms with Crippen LogP contribution in [0.1, 0.15) is 57.9 Å². The summed E-state index contributed by atoms with van der Waals surface area (Å²) in [5.41, 5.74) is 0.688. The van der Waals surface area contributed by atoms with Crippen LogP contribution in [0.5, 0.6) is 0 Å². The lowest BCUT2D eigenvalue weighted by Crippen LogP contribution is -2.65. The van der Waals surface area contributed by atoms with Crippen molar-refractivity contribution in [3.63, 3.8) is 0 Å². The van der Waals surface area contributed by atoms with Crippen molar-refractivity contribution in [3.05, 3.63) is 29.6 Å². The molecule has 3 nitrogen and oxygen atoms in total. The van der Waals surface area contributed by atoms with Crippen LogP contribution < -0.4 is 4.72 Å². The Morgan fingerprint density at radius 3 is 2.29 bits per heavy atom. The van der Waals surface area contributed by atoms with Crippen molar-refractivity contribution in [2.45, 2.75) is 69.7 Å². The summed E-state index contributed by atoms with van der Waals surface area (Å²) in [6, 6.07) is 3.98. The number of aryl methyl sites for hydroxylation is 1. The van der Waals surface area contributed by atoms with Gasteiger partial charge in [-0.1, -0.05) is 19.9 Å². The van der Waals surface area contributed by atoms with Gasteiger partial charge in [0.2, 0.25) is 10.0 Å². The van der Waals surface area contributed by atoms with Gasteiger partial charge in [0.1, 0.15) is 5.82 Å². The van der Waals surface area contributed by atoms with E-state index in [4.69, 9.17) is 0 Å². The fraction of sp³-hybridized carbons (Fsp3) is 0.684. The van der Waals surface area contributed by atoms with Crippen molar-refractivity contribution >= 4 is 10.0 Å². The van der Waals surface area contributed by atoms with Gasteiger partial charge in [0.25, 0.3) is 0 Å². The largest absolute Gasteiger partial charge is 0.241 e. The topological polar surface area (TPSA) is 46.2 Å². The minimum Gasteiger partial charge on any atom is -0.207 e. The number of sulfonamides is 1. The van der Waals surface area contributed by atoms with Crippen LogP contribution in [0.25, 0.3) is 0 Å². The van der Waals surface area contributed by atoms with Crippen molar-refractivity contribution in [3.8, 4) is 0 Å². The molecule has 0 spiro atoms. The number of hydrogen-bond acceptors (Lipinski definition) is 2. The molecule has 0 saturated heterocycles. The average Bonchev–Trinajstić information content (AvgIpc) is 2.35. The van der Waals surface area contributed by atoms with Crippen LogP contribution >= 0.6 is 0 Å². The maximum absolute atomic E-state index is 13.6. The second-order valence-corrected chi connectivity index (χ2v) is 11.1. The van der Waals surface area contributed by atoms with Gasteiger partial charge < -0.3 is 0 Å². The van der Waals surface area contributed by atoms with Crippen LogP contribution in [0.2, 0.25) is 0 Å². The normalized spacial score (nSPS) is 40.9. The van der Waals surface area contributed by atoms with E-state index in [2.05, 4.69) is 18.6 Å². The first-order valence-electron chi connectivity index (χ1n) is 8.83. The van der Waals surface area contributed by atoms with Gasteiger partial charge in [0, 0.05) is 5.54 Å². The van der Waals surface area contributed by atoms with E-state index in [1.165, 1.54) is 31.4 Å². The first kappa shape index (κ1) is 16.5. The predicted molar refractivity (Wildman–Crippen MR) is 91.6 cm³/mol. The molecule has 0 heterocycles. The standard InChI is InChI=1S/C19H26FNO2S/c1-13-4-5-15(20)6-16(13)24(22,23)21-19-9-14-7-17(2,11-19)10-18(3,8-14)12-19/h4-6,14,21H,7-12H2,1-3H3. The lowest BCUT2D eigenvalue weighted by atomic mass is 9.43. The smallest absolute Gasteiger partial charge is 0.207 e. The van der Waals surface area contributed by atoms with E-state index in [1.807, 2.05) is 0 Å². The monoisotopic (exact) mass is 351 g/mol. The third-order valence-electron chi connectivity index (χ3n) is 6.42. The van der Waals surface area contributed by atoms with E-state index in [0.29, 0.717) is 11.5 Å². The van der Waals surface area contributed by atoms with Gasteiger partial charge in [0.05, 0.1) is 4.90 Å². The number of halogens is 1. The van der Waals surface area contributed by atoms with Gasteiger partial charge in [-0.05, 0) is 79.9 Å². The zero-order chi connectivity index (χ0) is 17.4. The molecule has 0 aromatic heterocycles. The Morgan fingerprint density at radius 1 is 1.08 bits per heavy atom. The molecule has 24 heavy (non-hydrogen) atoms. The minimum absolute atomic E-state index is 0.0774. The zero-order valence-corrected chi connectivity index (χ0v) is 15.5. The first-order valence-corrected chi connectivity index (χ1v) is 10.3. The molecule has 4 fully saturated rings. The molecular formula is C19H26FNO2S. The summed E-state index contributed by atoms with van der Waals surface area (Å²) >= 11 is 0. The highest BCUT2D eigenvalue weighted by Crippen LogP contribution is 2.66. The highest BCUT2D eigenvalue weighted by molar-refractivity contribution is 7.89. The van der Waals surface area contributed by atoms with Crippen LogP contribution in [-0.2, 0) is 10.0 Å². The van der Waals surface area contributed by atoms with Crippen molar-refractivity contribution in [2.24, 2.45) is 16.7 Å². The molecule has 4 aliphatic carbocycles. The number of rotatable bonds is 3. The average molecular weight is 351 g/mol. The Bertz CT molecular complexity index is 786. The zero-order valence-electron chi connectivity index (χ0n) is 14.7. The molecule has 0 radical (unpaired) electrons. The Labute approximate surface area is 144 Å². The molecular weight excluding hydrogens is 325 g/mol. The van der Waals surface area contributed by atoms with Gasteiger partial charge >= 0.3 is 0 Å². The molecule has 2 atom stereocenters. The van der Waals surface area contributed by atoms with E-state index in [9.17, 15) is 12.8 Å². The molecule has 1 aromatic carbocycles. The molecule has 0 amide bonds. The molecule has 2 unspecified atom stereocenters. The molecule has 4 saturated carbocycles. The van der Waals surface area contributed by atoms with Crippen LogP contribution in [0.15, 0.2) is 23.1 Å². The van der Waals surface area contributed by atoms with E-state index in [1.54, 1.807) is 6.92 Å². The summed E-state index contributed by atoms with van der Waals surface area (Å²) in [5.74, 6) is 0.0953. The Balaban J connectivity index is 1.71. The summed E-state index contributed by atoms with van der Waals surface area (Å²) < 4.78 is 42.7. The highest BCUT2D eigenvalue weighted by Gasteiger charge is 2.61. The maximum Gasteiger partial charge on any atom is 0.241 e. The summed E-state index contributed by atoms with van der Waals surface area (Å²) in [6.45, 7) is 6.34. The van der Waals surface area contributed by atoms with Crippen molar-refractivity contribution in [1.29, 1.82) is 0 Å². The van der Waals surface area contributed by atoms with Gasteiger partial charge in [-0.25, -0.2) is 17.5 Å². The van der Waals surface area contributed by atoms with E-state index in [-0.39, 0.29) is 21.3 Å². The van der Waals surface area contributed by atoms with E-state index >= 15 is 0 Å². The van der Waals surface area contributed by atoms with Crippen LogP contribution in [-0.4, -0.2) is 14.0 Å². The van der Waals surface area contributed by atoms with Gasteiger partial charge in [-0.3, -0.25) is 0 Å². The fourth-order valence-corrected chi connectivity index (χ4v) is 8.43. The number of nitrogens with one attached hydrogen (secondary N) is 1. The minimum atomic E-state index is -3.72. The quantitative estimate of drug-likeness (QED) is 0.889. The molecule has 4 bridgehead atoms. The van der Waals surface area contributed by atoms with Crippen LogP contribution in [0.3, 0.4) is 0 Å². The third kappa shape index (κ3) is 2.60. The van der Waals surface area contributed by atoms with Crippen molar-refractivity contribution < 1.29 is 12.8 Å². The summed E-state index contributed by atoms with van der Waals surface area (Å²) in [6.07, 6.45) is 6.35. The third-order valence-corrected chi connectivity index (χ3v) is 8.14. The molecule has 132 valence electrons. The van der Waals surface area contributed by atoms with E-state index < -0.39 is 15.8 Å². The highest BCUT2D eigenvalue weighted by atomic mass is 32.2. The molecule has 4 aliphatic rings. The summed E-state index contributed by atoms with van der Waals surface area (Å²) in [4.78, 5) is 0.0774.